The number of thiazole rings is 1. The number of carbonyl (C=O) groups is 8. The number of β-lactam (4-membered cyclic amide) rings is 1. The number of hydrogen-bond donors (Lipinski definition) is 5. The molecular formula is C33H29N9O14S3. The molecule has 23 nitrogen and oxygen atoms in total. The van der Waals surface area contributed by atoms with Crippen molar-refractivity contribution in [3.8, 4) is 17.2 Å². The summed E-state index contributed by atoms with van der Waals surface area (Å²) in [4.78, 5) is 114. The highest BCUT2D eigenvalue weighted by Gasteiger charge is 2.54. The van der Waals surface area contributed by atoms with Crippen LogP contribution in [0.3, 0.4) is 0 Å². The number of rotatable bonds is 12. The Morgan fingerprint density at radius 2 is 1.71 bits per heavy atom. The molecule has 308 valence electrons. The molecule has 26 heteroatoms. The number of hydrogen-bond acceptors (Lipinski definition) is 21. The van der Waals surface area contributed by atoms with E-state index in [1.165, 1.54) is 40.1 Å². The van der Waals surface area contributed by atoms with E-state index in [1.54, 1.807) is 13.0 Å². The fourth-order valence-corrected chi connectivity index (χ4v) is 8.67. The minimum atomic E-state index is -1.39. The van der Waals surface area contributed by atoms with Crippen LogP contribution in [0.1, 0.15) is 43.7 Å². The summed E-state index contributed by atoms with van der Waals surface area (Å²) in [6.45, 7) is 4.76. The SMILES string of the molecule is CC(=O)Oc1cc(C(=O)O/N=C(\C(=O)N[C@@H]2C(=O)N3C(C(=O)O)=C(CSC4=CC(C)=NC5=CN(C(=O)O)NN54)CS[C@H]23)c2csc(N)n2)cc(OC(C)=O)c1OC(C)=O. The average molecular weight is 872 g/mol. The van der Waals surface area contributed by atoms with Crippen LogP contribution >= 0.6 is 34.9 Å². The van der Waals surface area contributed by atoms with Crippen molar-refractivity contribution < 1.29 is 67.6 Å². The Kier molecular flexibility index (Phi) is 12.1. The van der Waals surface area contributed by atoms with Crippen LogP contribution < -0.4 is 30.8 Å². The van der Waals surface area contributed by atoms with Gasteiger partial charge in [0.1, 0.15) is 22.8 Å². The Morgan fingerprint density at radius 3 is 2.29 bits per heavy atom. The van der Waals surface area contributed by atoms with E-state index in [4.69, 9.17) is 24.8 Å². The van der Waals surface area contributed by atoms with Gasteiger partial charge in [-0.2, -0.15) is 5.01 Å². The number of ether oxygens (including phenoxy) is 3. The summed E-state index contributed by atoms with van der Waals surface area (Å²) in [6, 6.07) is 0.598. The number of benzene rings is 1. The van der Waals surface area contributed by atoms with E-state index in [0.717, 1.165) is 54.1 Å². The Balaban J connectivity index is 1.20. The number of anilines is 1. The molecule has 0 aliphatic carbocycles. The number of nitrogens with one attached hydrogen (secondary N) is 2. The first kappa shape index (κ1) is 41.9. The summed E-state index contributed by atoms with van der Waals surface area (Å²) in [5.74, 6) is -8.16. The number of oxime groups is 1. The van der Waals surface area contributed by atoms with Crippen molar-refractivity contribution in [2.45, 2.75) is 39.1 Å². The lowest BCUT2D eigenvalue weighted by atomic mass is 10.0. The quantitative estimate of drug-likeness (QED) is 0.0502. The number of fused-ring (bicyclic) bond motifs is 2. The maximum Gasteiger partial charge on any atom is 0.427 e. The molecule has 1 aromatic carbocycles. The Bertz CT molecular complexity index is 2350. The molecule has 5 heterocycles. The first-order valence-electron chi connectivity index (χ1n) is 16.6. The van der Waals surface area contributed by atoms with Crippen molar-refractivity contribution >= 4 is 99.2 Å². The van der Waals surface area contributed by atoms with Gasteiger partial charge in [-0.3, -0.25) is 28.9 Å². The summed E-state index contributed by atoms with van der Waals surface area (Å²) in [7, 11) is 0. The van der Waals surface area contributed by atoms with E-state index < -0.39 is 87.7 Å². The number of nitrogens with zero attached hydrogens (tertiary/aromatic N) is 6. The Hall–Kier alpha value is -6.77. The predicted octanol–water partition coefficient (Wildman–Crippen LogP) is 1.36. The fourth-order valence-electron chi connectivity index (χ4n) is 5.57. The molecule has 0 spiro atoms. The van der Waals surface area contributed by atoms with Crippen LogP contribution in [0.2, 0.25) is 0 Å². The molecule has 6 rings (SSSR count). The Labute approximate surface area is 343 Å². The third-order valence-corrected chi connectivity index (χ3v) is 11.0. The molecule has 2 atom stereocenters. The van der Waals surface area contributed by atoms with Crippen molar-refractivity contribution in [1.82, 2.24) is 30.8 Å². The number of aromatic nitrogens is 1. The van der Waals surface area contributed by atoms with Crippen molar-refractivity contribution in [2.75, 3.05) is 17.2 Å². The third-order valence-electron chi connectivity index (χ3n) is 7.87. The summed E-state index contributed by atoms with van der Waals surface area (Å²) >= 11 is 3.27. The highest BCUT2D eigenvalue weighted by molar-refractivity contribution is 8.03. The molecule has 0 radical (unpaired) electrons. The molecule has 6 N–H and O–H groups in total. The van der Waals surface area contributed by atoms with E-state index in [2.05, 4.69) is 26.0 Å². The van der Waals surface area contributed by atoms with Crippen LogP contribution in [0, 0.1) is 0 Å². The number of carboxylic acid groups (broad SMARTS) is 2. The average Bonchev–Trinajstić information content (AvgIpc) is 3.79. The van der Waals surface area contributed by atoms with Crippen molar-refractivity contribution in [1.29, 1.82) is 0 Å². The van der Waals surface area contributed by atoms with Gasteiger partial charge in [-0.15, -0.1) is 40.4 Å². The number of esters is 3. The van der Waals surface area contributed by atoms with Gasteiger partial charge < -0.3 is 40.3 Å². The van der Waals surface area contributed by atoms with Crippen LogP contribution in [-0.4, -0.2) is 112 Å². The highest BCUT2D eigenvalue weighted by Crippen LogP contribution is 2.43. The van der Waals surface area contributed by atoms with Crippen LogP contribution in [0.25, 0.3) is 0 Å². The summed E-state index contributed by atoms with van der Waals surface area (Å²) in [5.41, 5.74) is 7.87. The predicted molar refractivity (Wildman–Crippen MR) is 205 cm³/mol. The lowest BCUT2D eigenvalue weighted by molar-refractivity contribution is -0.150. The lowest BCUT2D eigenvalue weighted by Crippen LogP contribution is -2.71. The Morgan fingerprint density at radius 1 is 1.05 bits per heavy atom. The normalized spacial score (nSPS) is 18.4. The van der Waals surface area contributed by atoms with Gasteiger partial charge in [0, 0.05) is 43.4 Å². The van der Waals surface area contributed by atoms with E-state index in [-0.39, 0.29) is 28.0 Å². The number of nitrogen functional groups attached to an aromatic ring is 1. The van der Waals surface area contributed by atoms with Crippen molar-refractivity contribution in [2.24, 2.45) is 10.1 Å². The highest BCUT2D eigenvalue weighted by atomic mass is 32.2. The molecule has 3 amide bonds. The number of aliphatic imine (C=N–C) groups is 1. The number of hydrazine groups is 2. The molecule has 1 fully saturated rings. The molecule has 0 unspecified atom stereocenters. The molecule has 2 aromatic rings. The molecule has 0 saturated carbocycles. The zero-order valence-electron chi connectivity index (χ0n) is 30.7. The molecule has 59 heavy (non-hydrogen) atoms. The fraction of sp³-hybridized carbons (Fsp3) is 0.242. The first-order chi connectivity index (χ1) is 27.9. The lowest BCUT2D eigenvalue weighted by Gasteiger charge is -2.49. The number of nitrogens with two attached hydrogens (primary N) is 1. The second kappa shape index (κ2) is 17.0. The molecule has 0 bridgehead atoms. The maximum atomic E-state index is 13.7. The van der Waals surface area contributed by atoms with Gasteiger partial charge in [0.2, 0.25) is 5.75 Å². The summed E-state index contributed by atoms with van der Waals surface area (Å²) in [6.07, 6.45) is 1.67. The minimum absolute atomic E-state index is 0.00120. The molecule has 4 aliphatic heterocycles. The topological polar surface area (TPSA) is 311 Å². The van der Waals surface area contributed by atoms with E-state index >= 15 is 0 Å². The van der Waals surface area contributed by atoms with Gasteiger partial charge in [-0.05, 0) is 30.7 Å². The summed E-state index contributed by atoms with van der Waals surface area (Å²) in [5, 5.41) is 29.0. The summed E-state index contributed by atoms with van der Waals surface area (Å²) < 4.78 is 15.2. The van der Waals surface area contributed by atoms with Crippen LogP contribution in [0.15, 0.2) is 62.1 Å². The standard InChI is InChI=1S/C33H29N9O14S3/c1-12-5-22(42-21(35-12)8-40(39-42)33(51)52)57-9-17-10-58-29-24(28(47)41(29)25(17)30(48)49)37-27(46)23(18-11-59-32(34)36-18)38-56-31(50)16-6-19(53-13(2)43)26(55-15(4)45)20(7-16)54-14(3)44/h5-8,11,24,29,39H,9-10H2,1-4H3,(H2,34,36)(H,37,46)(H,48,49)(H,51,52)/b38-23-/t24-,29-/m1/s1. The van der Waals surface area contributed by atoms with Gasteiger partial charge in [-0.25, -0.2) is 29.4 Å². The van der Waals surface area contributed by atoms with E-state index in [1.807, 2.05) is 0 Å². The van der Waals surface area contributed by atoms with Gasteiger partial charge in [0.05, 0.1) is 16.8 Å². The van der Waals surface area contributed by atoms with Crippen LogP contribution in [0.4, 0.5) is 9.93 Å². The maximum absolute atomic E-state index is 13.7. The van der Waals surface area contributed by atoms with Gasteiger partial charge in [0.15, 0.2) is 28.2 Å². The second-order valence-electron chi connectivity index (χ2n) is 12.2. The second-order valence-corrected chi connectivity index (χ2v) is 15.2. The third kappa shape index (κ3) is 9.03. The van der Waals surface area contributed by atoms with Crippen molar-refractivity contribution in [3.05, 3.63) is 63.2 Å². The van der Waals surface area contributed by atoms with E-state index in [0.29, 0.717) is 22.1 Å². The molecule has 1 aromatic heterocycles. The first-order valence-corrected chi connectivity index (χ1v) is 19.5. The molecule has 1 saturated heterocycles. The van der Waals surface area contributed by atoms with Gasteiger partial charge >= 0.3 is 35.9 Å². The smallest absolute Gasteiger partial charge is 0.427 e. The van der Waals surface area contributed by atoms with Gasteiger partial charge in [0.25, 0.3) is 11.8 Å². The number of carbonyl (C=O) groups excluding carboxylic acids is 6. The monoisotopic (exact) mass is 871 g/mol. The van der Waals surface area contributed by atoms with E-state index in [9.17, 15) is 48.6 Å². The number of allylic oxidation sites excluding steroid dienone is 1. The number of aliphatic carboxylic acids is 1. The zero-order chi connectivity index (χ0) is 42.9. The molecule has 4 aliphatic rings. The largest absolute Gasteiger partial charge is 0.477 e. The van der Waals surface area contributed by atoms with Crippen LogP contribution in [-0.2, 0) is 33.6 Å². The zero-order valence-corrected chi connectivity index (χ0v) is 33.2. The van der Waals surface area contributed by atoms with Crippen LogP contribution in [0.5, 0.6) is 17.2 Å². The number of amides is 3. The molecular weight excluding hydrogens is 843 g/mol. The van der Waals surface area contributed by atoms with Crippen molar-refractivity contribution in [3.63, 3.8) is 0 Å². The number of thioether (sulfide) groups is 2. The van der Waals surface area contributed by atoms with Gasteiger partial charge in [-0.1, -0.05) is 5.16 Å². The number of carboxylic acids is 1. The minimum Gasteiger partial charge on any atom is -0.477 e.